The molecule has 1 unspecified atom stereocenters. The van der Waals surface area contributed by atoms with E-state index in [0.29, 0.717) is 13.2 Å². The first-order valence-corrected chi connectivity index (χ1v) is 4.73. The Balaban J connectivity index is 2.23. The predicted molar refractivity (Wildman–Crippen MR) is 57.5 cm³/mol. The second-order valence-corrected chi connectivity index (χ2v) is 3.06. The van der Waals surface area contributed by atoms with Crippen LogP contribution in [0.15, 0.2) is 43.0 Å². The minimum Gasteiger partial charge on any atom is -0.491 e. The lowest BCUT2D eigenvalue weighted by Crippen LogP contribution is -2.17. The monoisotopic (exact) mass is 192 g/mol. The Morgan fingerprint density at radius 3 is 2.71 bits per heavy atom. The number of benzene rings is 1. The van der Waals surface area contributed by atoms with Crippen molar-refractivity contribution < 1.29 is 9.47 Å². The highest BCUT2D eigenvalue weighted by Gasteiger charge is 2.01. The van der Waals surface area contributed by atoms with E-state index < -0.39 is 0 Å². The van der Waals surface area contributed by atoms with Crippen LogP contribution in [0.1, 0.15) is 6.92 Å². The highest BCUT2D eigenvalue weighted by atomic mass is 16.5. The van der Waals surface area contributed by atoms with Gasteiger partial charge in [0.05, 0.1) is 12.7 Å². The molecule has 0 aliphatic rings. The zero-order valence-corrected chi connectivity index (χ0v) is 8.48. The Bertz CT molecular complexity index is 256. The Morgan fingerprint density at radius 1 is 1.36 bits per heavy atom. The fourth-order valence-corrected chi connectivity index (χ4v) is 1.01. The number of rotatable bonds is 6. The molecule has 2 heteroatoms. The first-order valence-electron chi connectivity index (χ1n) is 4.73. The number of hydrogen-bond donors (Lipinski definition) is 0. The first-order chi connectivity index (χ1) is 6.83. The van der Waals surface area contributed by atoms with Crippen LogP contribution < -0.4 is 4.74 Å². The Morgan fingerprint density at radius 2 is 2.07 bits per heavy atom. The molecule has 0 fully saturated rings. The lowest BCUT2D eigenvalue weighted by Gasteiger charge is -2.12. The maximum absolute atomic E-state index is 5.51. The molecule has 0 aliphatic heterocycles. The van der Waals surface area contributed by atoms with Crippen molar-refractivity contribution in [2.24, 2.45) is 0 Å². The van der Waals surface area contributed by atoms with E-state index >= 15 is 0 Å². The molecular weight excluding hydrogens is 176 g/mol. The van der Waals surface area contributed by atoms with Crippen molar-refractivity contribution in [3.63, 3.8) is 0 Å². The topological polar surface area (TPSA) is 18.5 Å². The molecule has 14 heavy (non-hydrogen) atoms. The molecule has 0 N–H and O–H groups in total. The summed E-state index contributed by atoms with van der Waals surface area (Å²) >= 11 is 0. The van der Waals surface area contributed by atoms with Gasteiger partial charge in [0.2, 0.25) is 0 Å². The van der Waals surface area contributed by atoms with Gasteiger partial charge < -0.3 is 9.47 Å². The summed E-state index contributed by atoms with van der Waals surface area (Å²) in [5.41, 5.74) is 0. The number of para-hydroxylation sites is 1. The standard InChI is InChI=1S/C12H16O2/c1-3-9-13-11(2)10-14-12-7-5-4-6-8-12/h3-8,11H,1,9-10H2,2H3. The maximum Gasteiger partial charge on any atom is 0.119 e. The van der Waals surface area contributed by atoms with Crippen LogP contribution in [0.3, 0.4) is 0 Å². The SMILES string of the molecule is C=CCOC(C)COc1ccccc1. The van der Waals surface area contributed by atoms with Gasteiger partial charge in [0.1, 0.15) is 12.4 Å². The van der Waals surface area contributed by atoms with Crippen LogP contribution in [0.25, 0.3) is 0 Å². The largest absolute Gasteiger partial charge is 0.491 e. The van der Waals surface area contributed by atoms with Gasteiger partial charge in [0.25, 0.3) is 0 Å². The van der Waals surface area contributed by atoms with E-state index in [0.717, 1.165) is 5.75 Å². The lowest BCUT2D eigenvalue weighted by molar-refractivity contribution is 0.0494. The minimum absolute atomic E-state index is 0.0909. The molecule has 0 bridgehead atoms. The van der Waals surface area contributed by atoms with Crippen LogP contribution in [-0.4, -0.2) is 19.3 Å². The molecule has 2 nitrogen and oxygen atoms in total. The molecule has 0 radical (unpaired) electrons. The van der Waals surface area contributed by atoms with Crippen molar-refractivity contribution in [1.82, 2.24) is 0 Å². The average Bonchev–Trinajstić information content (AvgIpc) is 2.25. The Hall–Kier alpha value is -1.28. The first kappa shape index (κ1) is 10.8. The predicted octanol–water partition coefficient (Wildman–Crippen LogP) is 2.66. The fraction of sp³-hybridized carbons (Fsp3) is 0.333. The van der Waals surface area contributed by atoms with E-state index in [1.807, 2.05) is 37.3 Å². The summed E-state index contributed by atoms with van der Waals surface area (Å²) in [6.07, 6.45) is 1.83. The molecule has 1 aromatic carbocycles. The van der Waals surface area contributed by atoms with E-state index in [1.54, 1.807) is 6.08 Å². The van der Waals surface area contributed by atoms with Gasteiger partial charge in [-0.15, -0.1) is 6.58 Å². The summed E-state index contributed by atoms with van der Waals surface area (Å²) in [5, 5.41) is 0. The fourth-order valence-electron chi connectivity index (χ4n) is 1.01. The molecule has 76 valence electrons. The molecule has 0 spiro atoms. The Labute approximate surface area is 85.2 Å². The summed E-state index contributed by atoms with van der Waals surface area (Å²) in [4.78, 5) is 0. The highest BCUT2D eigenvalue weighted by Crippen LogP contribution is 2.08. The van der Waals surface area contributed by atoms with Gasteiger partial charge in [-0.1, -0.05) is 24.3 Å². The minimum atomic E-state index is 0.0909. The molecule has 0 aromatic heterocycles. The molecule has 1 atom stereocenters. The normalized spacial score (nSPS) is 12.1. The maximum atomic E-state index is 5.51. The van der Waals surface area contributed by atoms with Crippen molar-refractivity contribution >= 4 is 0 Å². The van der Waals surface area contributed by atoms with E-state index in [2.05, 4.69) is 6.58 Å². The lowest BCUT2D eigenvalue weighted by atomic mass is 10.3. The third-order valence-electron chi connectivity index (χ3n) is 1.73. The van der Waals surface area contributed by atoms with E-state index in [9.17, 15) is 0 Å². The summed E-state index contributed by atoms with van der Waals surface area (Å²) in [6.45, 7) is 6.70. The highest BCUT2D eigenvalue weighted by molar-refractivity contribution is 5.20. The number of ether oxygens (including phenoxy) is 2. The van der Waals surface area contributed by atoms with Crippen molar-refractivity contribution in [3.05, 3.63) is 43.0 Å². The summed E-state index contributed by atoms with van der Waals surface area (Å²) < 4.78 is 10.9. The molecular formula is C12H16O2. The summed E-state index contributed by atoms with van der Waals surface area (Å²) in [5.74, 6) is 0.876. The molecule has 0 heterocycles. The van der Waals surface area contributed by atoms with Crippen molar-refractivity contribution in [2.75, 3.05) is 13.2 Å². The van der Waals surface area contributed by atoms with Crippen LogP contribution in [0, 0.1) is 0 Å². The third-order valence-corrected chi connectivity index (χ3v) is 1.73. The zero-order valence-electron chi connectivity index (χ0n) is 8.48. The third kappa shape index (κ3) is 4.10. The van der Waals surface area contributed by atoms with Gasteiger partial charge in [-0.2, -0.15) is 0 Å². The van der Waals surface area contributed by atoms with Crippen molar-refractivity contribution in [3.8, 4) is 5.75 Å². The number of hydrogen-bond acceptors (Lipinski definition) is 2. The van der Waals surface area contributed by atoms with Gasteiger partial charge in [0.15, 0.2) is 0 Å². The van der Waals surface area contributed by atoms with Crippen LogP contribution in [0.5, 0.6) is 5.75 Å². The molecule has 0 saturated carbocycles. The average molecular weight is 192 g/mol. The smallest absolute Gasteiger partial charge is 0.119 e. The molecule has 0 aliphatic carbocycles. The van der Waals surface area contributed by atoms with Crippen LogP contribution in [0.4, 0.5) is 0 Å². The second-order valence-electron chi connectivity index (χ2n) is 3.06. The second kappa shape index (κ2) is 6.22. The van der Waals surface area contributed by atoms with Gasteiger partial charge in [-0.05, 0) is 19.1 Å². The van der Waals surface area contributed by atoms with Gasteiger partial charge in [-0.25, -0.2) is 0 Å². The molecule has 0 amide bonds. The molecule has 1 aromatic rings. The Kier molecular flexibility index (Phi) is 4.79. The van der Waals surface area contributed by atoms with Crippen molar-refractivity contribution in [2.45, 2.75) is 13.0 Å². The zero-order chi connectivity index (χ0) is 10.2. The summed E-state index contributed by atoms with van der Waals surface area (Å²) in [6, 6.07) is 9.72. The quantitative estimate of drug-likeness (QED) is 0.645. The van der Waals surface area contributed by atoms with E-state index in [1.165, 1.54) is 0 Å². The van der Waals surface area contributed by atoms with E-state index in [-0.39, 0.29) is 6.10 Å². The van der Waals surface area contributed by atoms with Gasteiger partial charge in [-0.3, -0.25) is 0 Å². The molecule has 0 saturated heterocycles. The molecule has 1 rings (SSSR count). The van der Waals surface area contributed by atoms with E-state index in [4.69, 9.17) is 9.47 Å². The van der Waals surface area contributed by atoms with Crippen LogP contribution in [0.2, 0.25) is 0 Å². The van der Waals surface area contributed by atoms with Crippen LogP contribution in [-0.2, 0) is 4.74 Å². The van der Waals surface area contributed by atoms with Gasteiger partial charge >= 0.3 is 0 Å². The summed E-state index contributed by atoms with van der Waals surface area (Å²) in [7, 11) is 0. The van der Waals surface area contributed by atoms with Crippen LogP contribution >= 0.6 is 0 Å². The van der Waals surface area contributed by atoms with Gasteiger partial charge in [0, 0.05) is 0 Å². The van der Waals surface area contributed by atoms with Crippen molar-refractivity contribution in [1.29, 1.82) is 0 Å².